The smallest absolute Gasteiger partial charge is 0.283 e. The van der Waals surface area contributed by atoms with E-state index in [1.54, 1.807) is 31.6 Å². The molecule has 0 N–H and O–H groups in total. The molecule has 0 aliphatic heterocycles. The summed E-state index contributed by atoms with van der Waals surface area (Å²) in [5.41, 5.74) is 0.721. The molecule has 7 nitrogen and oxygen atoms in total. The minimum absolute atomic E-state index is 0.385. The Morgan fingerprint density at radius 2 is 1.84 bits per heavy atom. The molecule has 0 radical (unpaired) electrons. The lowest BCUT2D eigenvalue weighted by molar-refractivity contribution is 0.394. The molecular weight excluding hydrogens is 360 g/mol. The Morgan fingerprint density at radius 1 is 1.04 bits per heavy atom. The molecule has 0 aliphatic rings. The molecule has 9 heteroatoms. The first-order valence-electron chi connectivity index (χ1n) is 7.20. The Bertz CT molecular complexity index is 1010. The number of aromatic nitrogens is 4. The van der Waals surface area contributed by atoms with Crippen LogP contribution in [0, 0.1) is 0 Å². The number of benzene rings is 1. The largest absolute Gasteiger partial charge is 0.497 e. The maximum atomic E-state index is 5.77. The van der Waals surface area contributed by atoms with E-state index in [9.17, 15) is 0 Å². The van der Waals surface area contributed by atoms with E-state index in [1.807, 2.05) is 23.6 Å². The van der Waals surface area contributed by atoms with Gasteiger partial charge >= 0.3 is 0 Å². The molecule has 0 aliphatic carbocycles. The number of fused-ring (bicyclic) bond motifs is 1. The summed E-state index contributed by atoms with van der Waals surface area (Å²) in [6.45, 7) is 0. The Kier molecular flexibility index (Phi) is 4.24. The second kappa shape index (κ2) is 6.69. The minimum Gasteiger partial charge on any atom is -0.497 e. The average Bonchev–Trinajstić information content (AvgIpc) is 3.31. The summed E-state index contributed by atoms with van der Waals surface area (Å²) >= 11 is 2.87. The van der Waals surface area contributed by atoms with Crippen LogP contribution in [0.5, 0.6) is 11.5 Å². The fourth-order valence-corrected chi connectivity index (χ4v) is 3.77. The van der Waals surface area contributed by atoms with Crippen LogP contribution in [0.15, 0.2) is 50.6 Å². The van der Waals surface area contributed by atoms with Gasteiger partial charge < -0.3 is 13.9 Å². The minimum atomic E-state index is 0.385. The summed E-state index contributed by atoms with van der Waals surface area (Å²) in [5.74, 6) is 1.69. The molecule has 25 heavy (non-hydrogen) atoms. The van der Waals surface area contributed by atoms with Crippen LogP contribution in [0.25, 0.3) is 21.7 Å². The standard InChI is InChI=1S/C16H12N4O3S2/c1-21-10-5-9(6-11(7-10)22-2)13-19-20-16(23-13)25-15-12-3-4-24-14(12)17-8-18-15/h3-8H,1-2H3. The van der Waals surface area contributed by atoms with Gasteiger partial charge in [-0.2, -0.15) is 0 Å². The van der Waals surface area contributed by atoms with Gasteiger partial charge in [-0.15, -0.1) is 21.5 Å². The Morgan fingerprint density at radius 3 is 2.60 bits per heavy atom. The van der Waals surface area contributed by atoms with Gasteiger partial charge in [0, 0.05) is 17.0 Å². The molecule has 0 amide bonds. The van der Waals surface area contributed by atoms with Crippen molar-refractivity contribution in [1.82, 2.24) is 20.2 Å². The number of nitrogens with zero attached hydrogens (tertiary/aromatic N) is 4. The zero-order valence-corrected chi connectivity index (χ0v) is 14.9. The fraction of sp³-hybridized carbons (Fsp3) is 0.125. The van der Waals surface area contributed by atoms with E-state index in [0.717, 1.165) is 20.8 Å². The Hall–Kier alpha value is -2.65. The highest BCUT2D eigenvalue weighted by atomic mass is 32.2. The molecule has 126 valence electrons. The van der Waals surface area contributed by atoms with Gasteiger partial charge in [0.15, 0.2) is 0 Å². The summed E-state index contributed by atoms with van der Waals surface area (Å²) in [5, 5.41) is 12.3. The topological polar surface area (TPSA) is 83.2 Å². The lowest BCUT2D eigenvalue weighted by Crippen LogP contribution is -1.88. The first-order valence-corrected chi connectivity index (χ1v) is 8.89. The van der Waals surface area contributed by atoms with Crippen molar-refractivity contribution < 1.29 is 13.9 Å². The molecular formula is C16H12N4O3S2. The third kappa shape index (κ3) is 3.15. The summed E-state index contributed by atoms with van der Waals surface area (Å²) in [4.78, 5) is 9.46. The van der Waals surface area contributed by atoms with Crippen LogP contribution in [0.3, 0.4) is 0 Å². The molecule has 3 aromatic heterocycles. The van der Waals surface area contributed by atoms with Gasteiger partial charge in [-0.25, -0.2) is 9.97 Å². The van der Waals surface area contributed by atoms with Gasteiger partial charge in [0.2, 0.25) is 5.89 Å². The van der Waals surface area contributed by atoms with Crippen LogP contribution in [0.1, 0.15) is 0 Å². The van der Waals surface area contributed by atoms with E-state index >= 15 is 0 Å². The van der Waals surface area contributed by atoms with Crippen molar-refractivity contribution in [3.63, 3.8) is 0 Å². The molecule has 0 atom stereocenters. The second-order valence-electron chi connectivity index (χ2n) is 4.89. The third-order valence-electron chi connectivity index (χ3n) is 3.41. The van der Waals surface area contributed by atoms with Crippen molar-refractivity contribution in [2.75, 3.05) is 14.2 Å². The quantitative estimate of drug-likeness (QED) is 0.488. The van der Waals surface area contributed by atoms with E-state index in [2.05, 4.69) is 20.2 Å². The molecule has 0 unspecified atom stereocenters. The highest BCUT2D eigenvalue weighted by Gasteiger charge is 2.15. The van der Waals surface area contributed by atoms with Crippen LogP contribution in [-0.4, -0.2) is 34.4 Å². The van der Waals surface area contributed by atoms with Gasteiger partial charge in [-0.3, -0.25) is 0 Å². The first-order chi connectivity index (χ1) is 12.3. The van der Waals surface area contributed by atoms with E-state index < -0.39 is 0 Å². The van der Waals surface area contributed by atoms with Gasteiger partial charge in [-0.05, 0) is 35.3 Å². The van der Waals surface area contributed by atoms with Crippen LogP contribution in [0.4, 0.5) is 0 Å². The van der Waals surface area contributed by atoms with Crippen LogP contribution in [-0.2, 0) is 0 Å². The molecule has 1 aromatic carbocycles. The van der Waals surface area contributed by atoms with Crippen molar-refractivity contribution in [1.29, 1.82) is 0 Å². The van der Waals surface area contributed by atoms with Crippen LogP contribution < -0.4 is 9.47 Å². The van der Waals surface area contributed by atoms with Gasteiger partial charge in [0.1, 0.15) is 27.7 Å². The summed E-state index contributed by atoms with van der Waals surface area (Å²) in [7, 11) is 3.18. The molecule has 0 saturated heterocycles. The molecule has 4 aromatic rings. The molecule has 0 spiro atoms. The molecule has 0 saturated carbocycles. The predicted octanol–water partition coefficient (Wildman–Crippen LogP) is 3.91. The number of rotatable bonds is 5. The van der Waals surface area contributed by atoms with E-state index in [1.165, 1.54) is 18.1 Å². The summed E-state index contributed by atoms with van der Waals surface area (Å²) in [6.07, 6.45) is 1.53. The summed E-state index contributed by atoms with van der Waals surface area (Å²) < 4.78 is 16.3. The number of hydrogen-bond acceptors (Lipinski definition) is 9. The third-order valence-corrected chi connectivity index (χ3v) is 5.09. The first kappa shape index (κ1) is 15.9. The SMILES string of the molecule is COc1cc(OC)cc(-c2nnc(Sc3ncnc4sccc34)o2)c1. The maximum Gasteiger partial charge on any atom is 0.283 e. The van der Waals surface area contributed by atoms with Crippen molar-refractivity contribution >= 4 is 33.3 Å². The van der Waals surface area contributed by atoms with Gasteiger partial charge in [0.25, 0.3) is 5.22 Å². The lowest BCUT2D eigenvalue weighted by Gasteiger charge is -2.05. The number of methoxy groups -OCH3 is 2. The molecule has 3 heterocycles. The number of ether oxygens (including phenoxy) is 2. The predicted molar refractivity (Wildman–Crippen MR) is 94.4 cm³/mol. The van der Waals surface area contributed by atoms with Crippen LogP contribution in [0.2, 0.25) is 0 Å². The molecule has 0 bridgehead atoms. The van der Waals surface area contributed by atoms with E-state index in [-0.39, 0.29) is 0 Å². The Labute approximate surface area is 151 Å². The van der Waals surface area contributed by atoms with Gasteiger partial charge in [-0.1, -0.05) is 0 Å². The normalized spacial score (nSPS) is 11.0. The van der Waals surface area contributed by atoms with Crippen molar-refractivity contribution in [3.8, 4) is 23.0 Å². The maximum absolute atomic E-state index is 5.77. The van der Waals surface area contributed by atoms with E-state index in [0.29, 0.717) is 22.6 Å². The zero-order valence-electron chi connectivity index (χ0n) is 13.3. The van der Waals surface area contributed by atoms with Crippen molar-refractivity contribution in [2.24, 2.45) is 0 Å². The van der Waals surface area contributed by atoms with Crippen LogP contribution >= 0.6 is 23.1 Å². The Balaban J connectivity index is 1.65. The summed E-state index contributed by atoms with van der Waals surface area (Å²) in [6, 6.07) is 7.38. The highest BCUT2D eigenvalue weighted by Crippen LogP contribution is 2.34. The van der Waals surface area contributed by atoms with Crippen molar-refractivity contribution in [3.05, 3.63) is 36.0 Å². The monoisotopic (exact) mass is 372 g/mol. The lowest BCUT2D eigenvalue weighted by atomic mass is 10.2. The van der Waals surface area contributed by atoms with Gasteiger partial charge in [0.05, 0.1) is 14.2 Å². The average molecular weight is 372 g/mol. The fourth-order valence-electron chi connectivity index (χ4n) is 2.23. The zero-order chi connectivity index (χ0) is 17.2. The second-order valence-corrected chi connectivity index (χ2v) is 6.73. The van der Waals surface area contributed by atoms with E-state index in [4.69, 9.17) is 13.9 Å². The van der Waals surface area contributed by atoms with Crippen molar-refractivity contribution in [2.45, 2.75) is 10.2 Å². The number of hydrogen-bond donors (Lipinski definition) is 0. The molecule has 0 fully saturated rings. The molecule has 4 rings (SSSR count). The number of thiophene rings is 1. The highest BCUT2D eigenvalue weighted by molar-refractivity contribution is 7.99.